The maximum atomic E-state index is 12.1. The van der Waals surface area contributed by atoms with Crippen LogP contribution in [0.25, 0.3) is 10.2 Å². The van der Waals surface area contributed by atoms with Crippen LogP contribution in [0.3, 0.4) is 0 Å². The summed E-state index contributed by atoms with van der Waals surface area (Å²) in [5.41, 5.74) is 7.65. The quantitative estimate of drug-likeness (QED) is 0.693. The van der Waals surface area contributed by atoms with E-state index in [1.165, 1.54) is 11.3 Å². The number of hydrogen-bond acceptors (Lipinski definition) is 5. The molecule has 1 aromatic heterocycles. The molecule has 3 rings (SSSR count). The molecule has 1 heterocycles. The zero-order valence-electron chi connectivity index (χ0n) is 11.0. The standard InChI is InChI=1S/C15H13N3O2S/c16-15-18-11-6-5-9(7-13(11)21-15)14(20)17-8-10-3-1-2-4-12(10)19/h1-7,19H,8H2,(H2,16,18)(H,17,20). The number of benzene rings is 2. The van der Waals surface area contributed by atoms with Crippen LogP contribution in [0.5, 0.6) is 5.75 Å². The third kappa shape index (κ3) is 2.80. The predicted octanol–water partition coefficient (Wildman–Crippen LogP) is 2.51. The van der Waals surface area contributed by atoms with E-state index < -0.39 is 0 Å². The fourth-order valence-corrected chi connectivity index (χ4v) is 2.80. The highest BCUT2D eigenvalue weighted by Crippen LogP contribution is 2.24. The summed E-state index contributed by atoms with van der Waals surface area (Å²) in [6, 6.07) is 12.2. The van der Waals surface area contributed by atoms with E-state index in [4.69, 9.17) is 5.73 Å². The lowest BCUT2D eigenvalue weighted by Gasteiger charge is -2.07. The van der Waals surface area contributed by atoms with Gasteiger partial charge in [0, 0.05) is 17.7 Å². The number of carbonyl (C=O) groups excluding carboxylic acids is 1. The first-order valence-electron chi connectivity index (χ1n) is 6.34. The topological polar surface area (TPSA) is 88.2 Å². The molecule has 21 heavy (non-hydrogen) atoms. The third-order valence-corrected chi connectivity index (χ3v) is 3.95. The Bertz CT molecular complexity index is 814. The number of fused-ring (bicyclic) bond motifs is 1. The van der Waals surface area contributed by atoms with Crippen LogP contribution in [0.2, 0.25) is 0 Å². The van der Waals surface area contributed by atoms with Crippen molar-refractivity contribution in [3.8, 4) is 5.75 Å². The maximum absolute atomic E-state index is 12.1. The smallest absolute Gasteiger partial charge is 0.251 e. The molecule has 0 aliphatic carbocycles. The largest absolute Gasteiger partial charge is 0.508 e. The van der Waals surface area contributed by atoms with Crippen LogP contribution >= 0.6 is 11.3 Å². The van der Waals surface area contributed by atoms with E-state index in [0.29, 0.717) is 16.3 Å². The van der Waals surface area contributed by atoms with Crippen molar-refractivity contribution in [2.75, 3.05) is 5.73 Å². The van der Waals surface area contributed by atoms with Gasteiger partial charge in [-0.3, -0.25) is 4.79 Å². The van der Waals surface area contributed by atoms with E-state index in [1.54, 1.807) is 36.4 Å². The highest BCUT2D eigenvalue weighted by Gasteiger charge is 2.09. The van der Waals surface area contributed by atoms with Gasteiger partial charge in [0.1, 0.15) is 5.75 Å². The van der Waals surface area contributed by atoms with Crippen molar-refractivity contribution in [2.45, 2.75) is 6.54 Å². The van der Waals surface area contributed by atoms with E-state index in [9.17, 15) is 9.90 Å². The van der Waals surface area contributed by atoms with Crippen molar-refractivity contribution in [3.63, 3.8) is 0 Å². The van der Waals surface area contributed by atoms with Gasteiger partial charge in [-0.25, -0.2) is 4.98 Å². The molecule has 0 aliphatic heterocycles. The summed E-state index contributed by atoms with van der Waals surface area (Å²) in [6.45, 7) is 0.272. The number of phenolic OH excluding ortho intramolecular Hbond substituents is 1. The Morgan fingerprint density at radius 3 is 2.90 bits per heavy atom. The highest BCUT2D eigenvalue weighted by molar-refractivity contribution is 7.22. The number of nitrogens with two attached hydrogens (primary N) is 1. The van der Waals surface area contributed by atoms with Crippen LogP contribution in [0.1, 0.15) is 15.9 Å². The second-order valence-corrected chi connectivity index (χ2v) is 5.61. The molecular weight excluding hydrogens is 286 g/mol. The number of hydrogen-bond donors (Lipinski definition) is 3. The minimum Gasteiger partial charge on any atom is -0.508 e. The van der Waals surface area contributed by atoms with Gasteiger partial charge in [-0.2, -0.15) is 0 Å². The minimum atomic E-state index is -0.202. The molecule has 2 aromatic carbocycles. The van der Waals surface area contributed by atoms with Crippen molar-refractivity contribution in [3.05, 3.63) is 53.6 Å². The van der Waals surface area contributed by atoms with E-state index in [0.717, 1.165) is 10.2 Å². The highest BCUT2D eigenvalue weighted by atomic mass is 32.1. The van der Waals surface area contributed by atoms with Gasteiger partial charge in [-0.1, -0.05) is 29.5 Å². The first kappa shape index (κ1) is 13.4. The predicted molar refractivity (Wildman–Crippen MR) is 83.3 cm³/mol. The van der Waals surface area contributed by atoms with Gasteiger partial charge in [0.15, 0.2) is 5.13 Å². The van der Waals surface area contributed by atoms with Crippen molar-refractivity contribution >= 4 is 32.6 Å². The summed E-state index contributed by atoms with van der Waals surface area (Å²) in [4.78, 5) is 16.3. The van der Waals surface area contributed by atoms with Crippen molar-refractivity contribution in [2.24, 2.45) is 0 Å². The number of nitrogen functional groups attached to an aromatic ring is 1. The first-order valence-corrected chi connectivity index (χ1v) is 7.16. The summed E-state index contributed by atoms with van der Waals surface area (Å²) in [5.74, 6) is -0.0318. The monoisotopic (exact) mass is 299 g/mol. The van der Waals surface area contributed by atoms with Gasteiger partial charge in [-0.15, -0.1) is 0 Å². The van der Waals surface area contributed by atoms with Gasteiger partial charge in [0.05, 0.1) is 10.2 Å². The molecular formula is C15H13N3O2S. The van der Waals surface area contributed by atoms with Crippen LogP contribution in [-0.2, 0) is 6.54 Å². The lowest BCUT2D eigenvalue weighted by molar-refractivity contribution is 0.0951. The Hall–Kier alpha value is -2.60. The molecule has 106 valence electrons. The number of amides is 1. The van der Waals surface area contributed by atoms with Crippen LogP contribution in [0, 0.1) is 0 Å². The Morgan fingerprint density at radius 2 is 2.10 bits per heavy atom. The third-order valence-electron chi connectivity index (χ3n) is 3.10. The Balaban J connectivity index is 1.76. The number of anilines is 1. The fraction of sp³-hybridized carbons (Fsp3) is 0.0667. The summed E-state index contributed by atoms with van der Waals surface area (Å²) in [7, 11) is 0. The molecule has 0 unspecified atom stereocenters. The molecule has 0 radical (unpaired) electrons. The number of phenols is 1. The summed E-state index contributed by atoms with van der Waals surface area (Å²) < 4.78 is 0.878. The normalized spacial score (nSPS) is 10.7. The molecule has 0 spiro atoms. The molecule has 0 aliphatic rings. The average molecular weight is 299 g/mol. The van der Waals surface area contributed by atoms with Gasteiger partial charge in [-0.05, 0) is 24.3 Å². The van der Waals surface area contributed by atoms with Crippen LogP contribution in [0.4, 0.5) is 5.13 Å². The molecule has 0 fully saturated rings. The minimum absolute atomic E-state index is 0.170. The van der Waals surface area contributed by atoms with Crippen LogP contribution in [0.15, 0.2) is 42.5 Å². The molecule has 0 bridgehead atoms. The summed E-state index contributed by atoms with van der Waals surface area (Å²) in [6.07, 6.45) is 0. The van der Waals surface area contributed by atoms with E-state index in [2.05, 4.69) is 10.3 Å². The van der Waals surface area contributed by atoms with Crippen molar-refractivity contribution in [1.82, 2.24) is 10.3 Å². The second kappa shape index (κ2) is 5.41. The van der Waals surface area contributed by atoms with Gasteiger partial charge < -0.3 is 16.2 Å². The van der Waals surface area contributed by atoms with Crippen molar-refractivity contribution < 1.29 is 9.90 Å². The number of para-hydroxylation sites is 1. The lowest BCUT2D eigenvalue weighted by atomic mass is 10.1. The molecule has 6 heteroatoms. The molecule has 3 aromatic rings. The Morgan fingerprint density at radius 1 is 1.29 bits per heavy atom. The van der Waals surface area contributed by atoms with Gasteiger partial charge in [0.2, 0.25) is 0 Å². The fourth-order valence-electron chi connectivity index (χ4n) is 2.02. The van der Waals surface area contributed by atoms with Crippen LogP contribution in [-0.4, -0.2) is 16.0 Å². The average Bonchev–Trinajstić information content (AvgIpc) is 2.85. The van der Waals surface area contributed by atoms with Gasteiger partial charge in [0.25, 0.3) is 5.91 Å². The number of nitrogens with zero attached hydrogens (tertiary/aromatic N) is 1. The molecule has 4 N–H and O–H groups in total. The first-order chi connectivity index (χ1) is 10.1. The van der Waals surface area contributed by atoms with E-state index in [-0.39, 0.29) is 18.2 Å². The maximum Gasteiger partial charge on any atom is 0.251 e. The second-order valence-electron chi connectivity index (χ2n) is 4.55. The van der Waals surface area contributed by atoms with E-state index in [1.807, 2.05) is 6.07 Å². The van der Waals surface area contributed by atoms with E-state index >= 15 is 0 Å². The van der Waals surface area contributed by atoms with Gasteiger partial charge >= 0.3 is 0 Å². The molecule has 0 atom stereocenters. The number of aromatic nitrogens is 1. The lowest BCUT2D eigenvalue weighted by Crippen LogP contribution is -2.22. The SMILES string of the molecule is Nc1nc2ccc(C(=O)NCc3ccccc3O)cc2s1. The number of nitrogens with one attached hydrogen (secondary N) is 1. The zero-order valence-corrected chi connectivity index (χ0v) is 11.9. The Kier molecular flexibility index (Phi) is 3.45. The number of rotatable bonds is 3. The molecule has 5 nitrogen and oxygen atoms in total. The molecule has 0 saturated carbocycles. The molecule has 1 amide bonds. The number of thiazole rings is 1. The summed E-state index contributed by atoms with van der Waals surface area (Å²) in [5, 5.41) is 12.9. The zero-order chi connectivity index (χ0) is 14.8. The van der Waals surface area contributed by atoms with Crippen molar-refractivity contribution in [1.29, 1.82) is 0 Å². The molecule has 0 saturated heterocycles. The van der Waals surface area contributed by atoms with Crippen LogP contribution < -0.4 is 11.1 Å². The number of carbonyl (C=O) groups is 1. The number of aromatic hydroxyl groups is 1. The Labute approximate surface area is 125 Å². The summed E-state index contributed by atoms with van der Waals surface area (Å²) >= 11 is 1.35.